The Morgan fingerprint density at radius 1 is 1.50 bits per heavy atom. The number of nitrogens with zero attached hydrogens (tertiary/aromatic N) is 3. The fourth-order valence-corrected chi connectivity index (χ4v) is 2.43. The minimum Gasteiger partial charge on any atom is -0.370 e. The molecule has 1 atom stereocenters. The van der Waals surface area contributed by atoms with Crippen molar-refractivity contribution in [3.05, 3.63) is 12.4 Å². The summed E-state index contributed by atoms with van der Waals surface area (Å²) in [5.41, 5.74) is -0.138. The average Bonchev–Trinajstić information content (AvgIpc) is 2.27. The van der Waals surface area contributed by atoms with E-state index in [2.05, 4.69) is 47.9 Å². The van der Waals surface area contributed by atoms with Gasteiger partial charge in [-0.25, -0.2) is 9.97 Å². The van der Waals surface area contributed by atoms with E-state index in [9.17, 15) is 0 Å². The molecule has 2 heterocycles. The van der Waals surface area contributed by atoms with E-state index in [4.69, 9.17) is 4.74 Å². The number of hydrogen-bond acceptors (Lipinski definition) is 5. The summed E-state index contributed by atoms with van der Waals surface area (Å²) in [6.07, 6.45) is 1.83. The van der Waals surface area contributed by atoms with Crippen molar-refractivity contribution in [1.82, 2.24) is 9.97 Å². The van der Waals surface area contributed by atoms with Gasteiger partial charge in [0.2, 0.25) is 0 Å². The zero-order valence-corrected chi connectivity index (χ0v) is 11.6. The van der Waals surface area contributed by atoms with Gasteiger partial charge in [0.25, 0.3) is 0 Å². The number of anilines is 2. The SMILES string of the molecule is CCNc1cc(N2CC(C)OC(C)(C)C2)ncn1. The summed E-state index contributed by atoms with van der Waals surface area (Å²) >= 11 is 0. The van der Waals surface area contributed by atoms with E-state index >= 15 is 0 Å². The normalized spacial score (nSPS) is 22.9. The van der Waals surface area contributed by atoms with E-state index in [1.54, 1.807) is 6.33 Å². The van der Waals surface area contributed by atoms with E-state index in [1.165, 1.54) is 0 Å². The molecule has 0 amide bonds. The first kappa shape index (κ1) is 13.1. The number of nitrogens with one attached hydrogen (secondary N) is 1. The average molecular weight is 250 g/mol. The van der Waals surface area contributed by atoms with E-state index in [0.29, 0.717) is 0 Å². The van der Waals surface area contributed by atoms with Crippen LogP contribution < -0.4 is 10.2 Å². The van der Waals surface area contributed by atoms with Gasteiger partial charge in [-0.1, -0.05) is 0 Å². The maximum atomic E-state index is 5.90. The molecule has 1 aromatic rings. The van der Waals surface area contributed by atoms with Crippen LogP contribution in [0.25, 0.3) is 0 Å². The van der Waals surface area contributed by atoms with Crippen molar-refractivity contribution in [3.8, 4) is 0 Å². The van der Waals surface area contributed by atoms with Crippen molar-refractivity contribution in [2.24, 2.45) is 0 Å². The number of ether oxygens (including phenoxy) is 1. The molecule has 5 heteroatoms. The smallest absolute Gasteiger partial charge is 0.134 e. The Balaban J connectivity index is 2.17. The summed E-state index contributed by atoms with van der Waals surface area (Å²) in [7, 11) is 0. The minimum absolute atomic E-state index is 0.138. The quantitative estimate of drug-likeness (QED) is 0.888. The van der Waals surface area contributed by atoms with Crippen LogP contribution >= 0.6 is 0 Å². The highest BCUT2D eigenvalue weighted by Gasteiger charge is 2.31. The third-order valence-electron chi connectivity index (χ3n) is 2.90. The molecule has 18 heavy (non-hydrogen) atoms. The molecular formula is C13H22N4O. The van der Waals surface area contributed by atoms with Crippen LogP contribution in [0.2, 0.25) is 0 Å². The van der Waals surface area contributed by atoms with Gasteiger partial charge >= 0.3 is 0 Å². The molecule has 1 fully saturated rings. The van der Waals surface area contributed by atoms with Crippen molar-refractivity contribution in [1.29, 1.82) is 0 Å². The van der Waals surface area contributed by atoms with Crippen LogP contribution in [0.5, 0.6) is 0 Å². The molecule has 0 radical (unpaired) electrons. The summed E-state index contributed by atoms with van der Waals surface area (Å²) < 4.78 is 5.90. The lowest BCUT2D eigenvalue weighted by Gasteiger charge is -2.42. The highest BCUT2D eigenvalue weighted by molar-refractivity contribution is 5.49. The monoisotopic (exact) mass is 250 g/mol. The van der Waals surface area contributed by atoms with Gasteiger partial charge in [-0.3, -0.25) is 0 Å². The Labute approximate surface area is 109 Å². The van der Waals surface area contributed by atoms with Crippen LogP contribution in [-0.4, -0.2) is 41.3 Å². The molecule has 1 N–H and O–H groups in total. The predicted octanol–water partition coefficient (Wildman–Crippen LogP) is 1.91. The lowest BCUT2D eigenvalue weighted by atomic mass is 10.1. The van der Waals surface area contributed by atoms with Crippen LogP contribution in [0.4, 0.5) is 11.6 Å². The maximum Gasteiger partial charge on any atom is 0.134 e. The van der Waals surface area contributed by atoms with Crippen LogP contribution in [0.3, 0.4) is 0 Å². The molecule has 2 rings (SSSR count). The van der Waals surface area contributed by atoms with Gasteiger partial charge in [-0.15, -0.1) is 0 Å². The predicted molar refractivity (Wildman–Crippen MR) is 73.0 cm³/mol. The van der Waals surface area contributed by atoms with Crippen molar-refractivity contribution in [2.45, 2.75) is 39.4 Å². The molecular weight excluding hydrogens is 228 g/mol. The third-order valence-corrected chi connectivity index (χ3v) is 2.90. The van der Waals surface area contributed by atoms with Gasteiger partial charge < -0.3 is 15.0 Å². The van der Waals surface area contributed by atoms with Gasteiger partial charge in [0, 0.05) is 25.7 Å². The largest absolute Gasteiger partial charge is 0.370 e. The first-order valence-corrected chi connectivity index (χ1v) is 6.49. The molecule has 0 saturated carbocycles. The van der Waals surface area contributed by atoms with Crippen LogP contribution in [0, 0.1) is 0 Å². The van der Waals surface area contributed by atoms with E-state index in [0.717, 1.165) is 31.3 Å². The first-order chi connectivity index (χ1) is 8.50. The summed E-state index contributed by atoms with van der Waals surface area (Å²) in [6, 6.07) is 2.00. The second kappa shape index (κ2) is 5.10. The van der Waals surface area contributed by atoms with Crippen molar-refractivity contribution in [3.63, 3.8) is 0 Å². The molecule has 1 aliphatic rings. The van der Waals surface area contributed by atoms with Crippen LogP contribution in [0.15, 0.2) is 12.4 Å². The molecule has 1 aromatic heterocycles. The Morgan fingerprint density at radius 3 is 2.94 bits per heavy atom. The third kappa shape index (κ3) is 3.10. The summed E-state index contributed by atoms with van der Waals surface area (Å²) in [5, 5.41) is 3.21. The van der Waals surface area contributed by atoms with E-state index in [1.807, 2.05) is 6.07 Å². The molecule has 5 nitrogen and oxygen atoms in total. The fraction of sp³-hybridized carbons (Fsp3) is 0.692. The van der Waals surface area contributed by atoms with E-state index in [-0.39, 0.29) is 11.7 Å². The fourth-order valence-electron chi connectivity index (χ4n) is 2.43. The van der Waals surface area contributed by atoms with Crippen LogP contribution in [-0.2, 0) is 4.74 Å². The van der Waals surface area contributed by atoms with Gasteiger partial charge in [-0.05, 0) is 27.7 Å². The summed E-state index contributed by atoms with van der Waals surface area (Å²) in [6.45, 7) is 11.0. The molecule has 0 aromatic carbocycles. The number of hydrogen-bond donors (Lipinski definition) is 1. The molecule has 0 aliphatic carbocycles. The Hall–Kier alpha value is -1.36. The second-order valence-corrected chi connectivity index (χ2v) is 5.36. The molecule has 100 valence electrons. The molecule has 1 unspecified atom stereocenters. The van der Waals surface area contributed by atoms with Gasteiger partial charge in [0.05, 0.1) is 11.7 Å². The molecule has 1 aliphatic heterocycles. The maximum absolute atomic E-state index is 5.90. The number of rotatable bonds is 3. The summed E-state index contributed by atoms with van der Waals surface area (Å²) in [4.78, 5) is 10.8. The standard InChI is InChI=1S/C13H22N4O/c1-5-14-11-6-12(16-9-15-11)17-7-10(2)18-13(3,4)8-17/h6,9-10H,5,7-8H2,1-4H3,(H,14,15,16). The van der Waals surface area contributed by atoms with Crippen molar-refractivity contribution < 1.29 is 4.74 Å². The molecule has 1 saturated heterocycles. The summed E-state index contributed by atoms with van der Waals surface area (Å²) in [5.74, 6) is 1.84. The number of aromatic nitrogens is 2. The molecule has 0 bridgehead atoms. The second-order valence-electron chi connectivity index (χ2n) is 5.36. The zero-order valence-electron chi connectivity index (χ0n) is 11.6. The number of morpholine rings is 1. The first-order valence-electron chi connectivity index (χ1n) is 6.49. The molecule has 0 spiro atoms. The Kier molecular flexibility index (Phi) is 3.71. The lowest BCUT2D eigenvalue weighted by molar-refractivity contribution is -0.0751. The van der Waals surface area contributed by atoms with Crippen LogP contribution in [0.1, 0.15) is 27.7 Å². The Bertz CT molecular complexity index is 408. The highest BCUT2D eigenvalue weighted by atomic mass is 16.5. The minimum atomic E-state index is -0.138. The van der Waals surface area contributed by atoms with Crippen molar-refractivity contribution in [2.75, 3.05) is 29.9 Å². The topological polar surface area (TPSA) is 50.3 Å². The lowest BCUT2D eigenvalue weighted by Crippen LogP contribution is -2.52. The highest BCUT2D eigenvalue weighted by Crippen LogP contribution is 2.25. The Morgan fingerprint density at radius 2 is 2.28 bits per heavy atom. The van der Waals surface area contributed by atoms with Gasteiger partial charge in [-0.2, -0.15) is 0 Å². The zero-order chi connectivity index (χ0) is 13.2. The van der Waals surface area contributed by atoms with Crippen molar-refractivity contribution >= 4 is 11.6 Å². The van der Waals surface area contributed by atoms with E-state index < -0.39 is 0 Å². The van der Waals surface area contributed by atoms with Gasteiger partial charge in [0.15, 0.2) is 0 Å². The van der Waals surface area contributed by atoms with Gasteiger partial charge in [0.1, 0.15) is 18.0 Å².